The number of piperidine rings is 1. The number of hydrogen-bond acceptors (Lipinski definition) is 7. The lowest BCUT2D eigenvalue weighted by molar-refractivity contribution is -0.0440. The molecule has 0 aromatic heterocycles. The highest BCUT2D eigenvalue weighted by atomic mass is 32.2. The van der Waals surface area contributed by atoms with E-state index in [4.69, 9.17) is 4.74 Å². The number of sulfonamides is 2. The van der Waals surface area contributed by atoms with Gasteiger partial charge in [-0.1, -0.05) is 18.6 Å². The average Bonchev–Trinajstić information content (AvgIpc) is 2.87. The van der Waals surface area contributed by atoms with E-state index in [2.05, 4.69) is 5.32 Å². The SMILES string of the molecule is CC1CN(S(=O)(=O)c2cccc(C(=O)CNc3ccc(S(=O)(=O)N4CCCCC4)cc3)c2)CC(C)O1. The smallest absolute Gasteiger partial charge is 0.243 e. The average molecular weight is 536 g/mol. The first-order valence-corrected chi connectivity index (χ1v) is 15.1. The molecule has 11 heteroatoms. The Morgan fingerprint density at radius 3 is 2.11 bits per heavy atom. The van der Waals surface area contributed by atoms with Gasteiger partial charge in [0.2, 0.25) is 20.0 Å². The molecule has 2 aromatic carbocycles. The van der Waals surface area contributed by atoms with Gasteiger partial charge < -0.3 is 10.1 Å². The van der Waals surface area contributed by atoms with Gasteiger partial charge in [0.05, 0.1) is 28.5 Å². The highest BCUT2D eigenvalue weighted by Crippen LogP contribution is 2.24. The number of nitrogens with one attached hydrogen (secondary N) is 1. The lowest BCUT2D eigenvalue weighted by atomic mass is 10.1. The molecule has 2 unspecified atom stereocenters. The summed E-state index contributed by atoms with van der Waals surface area (Å²) in [5.41, 5.74) is 0.878. The van der Waals surface area contributed by atoms with Crippen molar-refractivity contribution in [2.45, 2.75) is 55.1 Å². The van der Waals surface area contributed by atoms with E-state index >= 15 is 0 Å². The predicted octanol–water partition coefficient (Wildman–Crippen LogP) is 2.95. The standard InChI is InChI=1S/C25H33N3O6S2/c1-19-17-28(18-20(2)34-19)36(32,33)24-8-6-7-21(15-24)25(29)16-26-22-9-11-23(12-10-22)35(30,31)27-13-4-3-5-14-27/h6-12,15,19-20,26H,3-5,13-14,16-18H2,1-2H3. The van der Waals surface area contributed by atoms with Gasteiger partial charge in [0.1, 0.15) is 0 Å². The number of benzene rings is 2. The summed E-state index contributed by atoms with van der Waals surface area (Å²) in [6, 6.07) is 12.4. The molecule has 0 bridgehead atoms. The number of ether oxygens (including phenoxy) is 1. The van der Waals surface area contributed by atoms with E-state index in [9.17, 15) is 21.6 Å². The van der Waals surface area contributed by atoms with Gasteiger partial charge in [-0.2, -0.15) is 8.61 Å². The Balaban J connectivity index is 1.40. The molecule has 0 radical (unpaired) electrons. The van der Waals surface area contributed by atoms with Crippen LogP contribution in [0.5, 0.6) is 0 Å². The summed E-state index contributed by atoms with van der Waals surface area (Å²) in [6.07, 6.45) is 2.36. The van der Waals surface area contributed by atoms with Crippen LogP contribution in [0.4, 0.5) is 5.69 Å². The zero-order valence-electron chi connectivity index (χ0n) is 20.6. The Morgan fingerprint density at radius 2 is 1.47 bits per heavy atom. The van der Waals surface area contributed by atoms with Gasteiger partial charge in [-0.3, -0.25) is 4.79 Å². The molecule has 9 nitrogen and oxygen atoms in total. The number of ketones is 1. The van der Waals surface area contributed by atoms with Crippen molar-refractivity contribution in [1.82, 2.24) is 8.61 Å². The first kappa shape index (κ1) is 26.7. The van der Waals surface area contributed by atoms with Crippen LogP contribution in [-0.4, -0.2) is 76.2 Å². The van der Waals surface area contributed by atoms with Crippen LogP contribution in [0.2, 0.25) is 0 Å². The molecule has 1 N–H and O–H groups in total. The van der Waals surface area contributed by atoms with Gasteiger partial charge in [-0.25, -0.2) is 16.8 Å². The number of carbonyl (C=O) groups is 1. The number of rotatable bonds is 8. The fourth-order valence-corrected chi connectivity index (χ4v) is 7.74. The van der Waals surface area contributed by atoms with E-state index in [-0.39, 0.29) is 53.0 Å². The van der Waals surface area contributed by atoms with E-state index in [1.165, 1.54) is 32.9 Å². The van der Waals surface area contributed by atoms with E-state index in [1.807, 2.05) is 13.8 Å². The zero-order chi connectivity index (χ0) is 25.9. The molecule has 2 aromatic rings. The van der Waals surface area contributed by atoms with Crippen LogP contribution in [-0.2, 0) is 24.8 Å². The number of nitrogens with zero attached hydrogens (tertiary/aromatic N) is 2. The number of anilines is 1. The monoisotopic (exact) mass is 535 g/mol. The minimum absolute atomic E-state index is 0.0622. The number of morpholine rings is 1. The molecule has 0 aliphatic carbocycles. The van der Waals surface area contributed by atoms with Gasteiger partial charge in [-0.15, -0.1) is 0 Å². The third-order valence-corrected chi connectivity index (χ3v) is 10.2. The van der Waals surface area contributed by atoms with Crippen molar-refractivity contribution in [2.24, 2.45) is 0 Å². The van der Waals surface area contributed by atoms with Crippen LogP contribution in [0, 0.1) is 0 Å². The molecule has 0 spiro atoms. The third-order valence-electron chi connectivity index (χ3n) is 6.44. The highest BCUT2D eigenvalue weighted by Gasteiger charge is 2.32. The molecule has 2 saturated heterocycles. The van der Waals surface area contributed by atoms with Crippen LogP contribution in [0.3, 0.4) is 0 Å². The van der Waals surface area contributed by atoms with Crippen LogP contribution in [0.1, 0.15) is 43.5 Å². The summed E-state index contributed by atoms with van der Waals surface area (Å²) >= 11 is 0. The quantitative estimate of drug-likeness (QED) is 0.517. The highest BCUT2D eigenvalue weighted by molar-refractivity contribution is 7.89. The normalized spacial score (nSPS) is 22.3. The van der Waals surface area contributed by atoms with Crippen LogP contribution < -0.4 is 5.32 Å². The predicted molar refractivity (Wildman–Crippen MR) is 137 cm³/mol. The Kier molecular flexibility index (Phi) is 8.15. The lowest BCUT2D eigenvalue weighted by Gasteiger charge is -2.34. The maximum absolute atomic E-state index is 13.2. The molecule has 4 rings (SSSR count). The van der Waals surface area contributed by atoms with E-state index in [1.54, 1.807) is 24.3 Å². The molecule has 2 aliphatic rings. The Labute approximate surface area is 213 Å². The second-order valence-corrected chi connectivity index (χ2v) is 13.2. The molecule has 0 saturated carbocycles. The molecule has 196 valence electrons. The second kappa shape index (κ2) is 11.0. The van der Waals surface area contributed by atoms with Gasteiger partial charge >= 0.3 is 0 Å². The summed E-state index contributed by atoms with van der Waals surface area (Å²) in [7, 11) is -7.28. The van der Waals surface area contributed by atoms with E-state index in [0.717, 1.165) is 19.3 Å². The summed E-state index contributed by atoms with van der Waals surface area (Å²) in [4.78, 5) is 13.1. The largest absolute Gasteiger partial charge is 0.378 e. The first-order chi connectivity index (χ1) is 17.1. The van der Waals surface area contributed by atoms with Crippen molar-refractivity contribution >= 4 is 31.5 Å². The first-order valence-electron chi connectivity index (χ1n) is 12.2. The van der Waals surface area contributed by atoms with Crippen molar-refractivity contribution in [3.63, 3.8) is 0 Å². The van der Waals surface area contributed by atoms with Crippen molar-refractivity contribution < 1.29 is 26.4 Å². The maximum atomic E-state index is 13.2. The summed E-state index contributed by atoms with van der Waals surface area (Å²) in [5, 5.41) is 3.00. The minimum atomic E-state index is -3.76. The maximum Gasteiger partial charge on any atom is 0.243 e. The molecule has 2 atom stereocenters. The summed E-state index contributed by atoms with van der Waals surface area (Å²) in [6.45, 7) is 5.20. The Bertz CT molecular complexity index is 1280. The Hall–Kier alpha value is -2.31. The van der Waals surface area contributed by atoms with Gasteiger partial charge in [0, 0.05) is 37.4 Å². The molecule has 2 fully saturated rings. The van der Waals surface area contributed by atoms with Crippen LogP contribution in [0.15, 0.2) is 58.3 Å². The number of carbonyl (C=O) groups excluding carboxylic acids is 1. The van der Waals surface area contributed by atoms with Crippen LogP contribution >= 0.6 is 0 Å². The molecular weight excluding hydrogens is 502 g/mol. The summed E-state index contributed by atoms with van der Waals surface area (Å²) in [5.74, 6) is -0.277. The lowest BCUT2D eigenvalue weighted by Crippen LogP contribution is -2.48. The minimum Gasteiger partial charge on any atom is -0.378 e. The topological polar surface area (TPSA) is 113 Å². The van der Waals surface area contributed by atoms with Crippen molar-refractivity contribution in [2.75, 3.05) is 38.0 Å². The number of hydrogen-bond donors (Lipinski definition) is 1. The molecule has 36 heavy (non-hydrogen) atoms. The van der Waals surface area contributed by atoms with Gasteiger partial charge in [0.25, 0.3) is 0 Å². The Morgan fingerprint density at radius 1 is 0.861 bits per heavy atom. The van der Waals surface area contributed by atoms with Gasteiger partial charge in [-0.05, 0) is 63.1 Å². The molecular formula is C25H33N3O6S2. The molecule has 2 aliphatic heterocycles. The van der Waals surface area contributed by atoms with Crippen molar-refractivity contribution in [3.8, 4) is 0 Å². The van der Waals surface area contributed by atoms with Crippen molar-refractivity contribution in [1.29, 1.82) is 0 Å². The summed E-state index contributed by atoms with van der Waals surface area (Å²) < 4.78 is 60.5. The molecule has 2 heterocycles. The van der Waals surface area contributed by atoms with E-state index < -0.39 is 20.0 Å². The van der Waals surface area contributed by atoms with Crippen LogP contribution in [0.25, 0.3) is 0 Å². The van der Waals surface area contributed by atoms with Crippen molar-refractivity contribution in [3.05, 3.63) is 54.1 Å². The van der Waals surface area contributed by atoms with E-state index in [0.29, 0.717) is 18.8 Å². The second-order valence-electron chi connectivity index (χ2n) is 9.37. The zero-order valence-corrected chi connectivity index (χ0v) is 22.2. The van der Waals surface area contributed by atoms with Gasteiger partial charge in [0.15, 0.2) is 5.78 Å². The molecule has 0 amide bonds. The fourth-order valence-electron chi connectivity index (χ4n) is 4.59. The fraction of sp³-hybridized carbons (Fsp3) is 0.480. The number of Topliss-reactive ketones (excluding diaryl/α,β-unsaturated/α-hetero) is 1. The third kappa shape index (κ3) is 5.97.